The Bertz CT molecular complexity index is 201. The second kappa shape index (κ2) is 5.99. The van der Waals surface area contributed by atoms with E-state index in [-0.39, 0.29) is 5.54 Å². The summed E-state index contributed by atoms with van der Waals surface area (Å²) < 4.78 is 5.59. The molecule has 0 bridgehead atoms. The maximum Gasteiger partial charge on any atom is 0.0702 e. The maximum atomic E-state index is 5.59. The first-order chi connectivity index (χ1) is 7.40. The topological polar surface area (TPSA) is 24.5 Å². The van der Waals surface area contributed by atoms with Crippen LogP contribution in [0.5, 0.6) is 0 Å². The summed E-state index contributed by atoms with van der Waals surface area (Å²) in [5.41, 5.74) is 0.238. The van der Waals surface area contributed by atoms with Gasteiger partial charge in [0.05, 0.1) is 6.10 Å². The van der Waals surface area contributed by atoms with E-state index in [4.69, 9.17) is 4.74 Å². The second-order valence-corrected chi connectivity index (χ2v) is 5.94. The molecule has 1 aliphatic heterocycles. The van der Waals surface area contributed by atoms with Crippen LogP contribution in [0, 0.1) is 0 Å². The maximum absolute atomic E-state index is 5.59. The molecular formula is C13H28N2O. The smallest absolute Gasteiger partial charge is 0.0702 e. The van der Waals surface area contributed by atoms with E-state index >= 15 is 0 Å². The minimum atomic E-state index is 0.238. The van der Waals surface area contributed by atoms with E-state index < -0.39 is 0 Å². The number of likely N-dealkylation sites (N-methyl/N-ethyl adjacent to an activating group) is 1. The van der Waals surface area contributed by atoms with E-state index in [1.165, 1.54) is 12.8 Å². The number of ether oxygens (including phenoxy) is 1. The van der Waals surface area contributed by atoms with Gasteiger partial charge >= 0.3 is 0 Å². The second-order valence-electron chi connectivity index (χ2n) is 5.94. The van der Waals surface area contributed by atoms with Gasteiger partial charge in [-0.05, 0) is 60.7 Å². The molecule has 1 fully saturated rings. The third kappa shape index (κ3) is 4.81. The van der Waals surface area contributed by atoms with E-state index in [0.29, 0.717) is 12.1 Å². The lowest BCUT2D eigenvalue weighted by Gasteiger charge is -2.27. The van der Waals surface area contributed by atoms with Crippen molar-refractivity contribution in [3.8, 4) is 0 Å². The first-order valence-electron chi connectivity index (χ1n) is 6.47. The van der Waals surface area contributed by atoms with Crippen molar-refractivity contribution in [3.63, 3.8) is 0 Å². The summed E-state index contributed by atoms with van der Waals surface area (Å²) >= 11 is 0. The monoisotopic (exact) mass is 228 g/mol. The van der Waals surface area contributed by atoms with Crippen LogP contribution in [0.3, 0.4) is 0 Å². The summed E-state index contributed by atoms with van der Waals surface area (Å²) in [5.74, 6) is 0. The van der Waals surface area contributed by atoms with Crippen molar-refractivity contribution in [2.75, 3.05) is 26.7 Å². The molecular weight excluding hydrogens is 200 g/mol. The fourth-order valence-electron chi connectivity index (χ4n) is 2.26. The average Bonchev–Trinajstić information content (AvgIpc) is 2.57. The Kier molecular flexibility index (Phi) is 5.22. The summed E-state index contributed by atoms with van der Waals surface area (Å²) in [6.07, 6.45) is 2.79. The van der Waals surface area contributed by atoms with Crippen LogP contribution in [0.25, 0.3) is 0 Å². The van der Waals surface area contributed by atoms with Crippen molar-refractivity contribution < 1.29 is 4.74 Å². The quantitative estimate of drug-likeness (QED) is 0.727. The Balaban J connectivity index is 2.13. The predicted molar refractivity (Wildman–Crippen MR) is 68.8 cm³/mol. The molecule has 0 aromatic heterocycles. The summed E-state index contributed by atoms with van der Waals surface area (Å²) in [4.78, 5) is 2.45. The van der Waals surface area contributed by atoms with E-state index in [0.717, 1.165) is 19.7 Å². The van der Waals surface area contributed by atoms with Crippen molar-refractivity contribution >= 4 is 0 Å². The highest BCUT2D eigenvalue weighted by Crippen LogP contribution is 2.18. The summed E-state index contributed by atoms with van der Waals surface area (Å²) in [6, 6.07) is 0.620. The number of rotatable bonds is 5. The molecule has 3 heteroatoms. The Labute approximate surface area is 101 Å². The van der Waals surface area contributed by atoms with E-state index in [1.54, 1.807) is 0 Å². The van der Waals surface area contributed by atoms with Gasteiger partial charge in [0.2, 0.25) is 0 Å². The van der Waals surface area contributed by atoms with Gasteiger partial charge in [-0.3, -0.25) is 0 Å². The molecule has 3 nitrogen and oxygen atoms in total. The molecule has 0 aromatic rings. The van der Waals surface area contributed by atoms with E-state index in [1.807, 2.05) is 0 Å². The summed E-state index contributed by atoms with van der Waals surface area (Å²) in [5, 5.41) is 3.52. The van der Waals surface area contributed by atoms with Crippen LogP contribution in [-0.2, 0) is 4.74 Å². The lowest BCUT2D eigenvalue weighted by Crippen LogP contribution is -2.40. The molecule has 1 rings (SSSR count). The van der Waals surface area contributed by atoms with Gasteiger partial charge in [-0.2, -0.15) is 0 Å². The normalized spacial score (nSPS) is 26.6. The van der Waals surface area contributed by atoms with Gasteiger partial charge in [0, 0.05) is 18.2 Å². The van der Waals surface area contributed by atoms with Crippen LogP contribution in [-0.4, -0.2) is 49.3 Å². The molecule has 2 atom stereocenters. The number of nitrogens with one attached hydrogen (secondary N) is 1. The van der Waals surface area contributed by atoms with Crippen molar-refractivity contribution in [2.45, 2.75) is 58.2 Å². The Morgan fingerprint density at radius 2 is 2.06 bits per heavy atom. The molecule has 0 aromatic carbocycles. The van der Waals surface area contributed by atoms with Gasteiger partial charge in [-0.25, -0.2) is 0 Å². The largest absolute Gasteiger partial charge is 0.377 e. The van der Waals surface area contributed by atoms with Crippen molar-refractivity contribution in [3.05, 3.63) is 0 Å². The SMILES string of the molecule is CC1OCCC1N(C)CCCNC(C)(C)C. The highest BCUT2D eigenvalue weighted by Gasteiger charge is 2.27. The van der Waals surface area contributed by atoms with Crippen molar-refractivity contribution in [1.82, 2.24) is 10.2 Å². The molecule has 96 valence electrons. The fourth-order valence-corrected chi connectivity index (χ4v) is 2.26. The molecule has 0 spiro atoms. The van der Waals surface area contributed by atoms with Crippen LogP contribution >= 0.6 is 0 Å². The zero-order valence-electron chi connectivity index (χ0n) is 11.5. The molecule has 0 radical (unpaired) electrons. The zero-order chi connectivity index (χ0) is 12.2. The number of hydrogen-bond acceptors (Lipinski definition) is 3. The van der Waals surface area contributed by atoms with Crippen molar-refractivity contribution in [2.24, 2.45) is 0 Å². The van der Waals surface area contributed by atoms with Gasteiger partial charge in [-0.1, -0.05) is 0 Å². The third-order valence-corrected chi connectivity index (χ3v) is 3.25. The molecule has 0 aliphatic carbocycles. The molecule has 2 unspecified atom stereocenters. The number of nitrogens with zero attached hydrogens (tertiary/aromatic N) is 1. The van der Waals surface area contributed by atoms with Crippen LogP contribution in [0.2, 0.25) is 0 Å². The minimum absolute atomic E-state index is 0.238. The Morgan fingerprint density at radius 3 is 2.56 bits per heavy atom. The van der Waals surface area contributed by atoms with Crippen molar-refractivity contribution in [1.29, 1.82) is 0 Å². The predicted octanol–water partition coefficient (Wildman–Crippen LogP) is 1.87. The van der Waals surface area contributed by atoms with E-state index in [9.17, 15) is 0 Å². The third-order valence-electron chi connectivity index (χ3n) is 3.25. The first kappa shape index (κ1) is 13.9. The molecule has 1 saturated heterocycles. The molecule has 16 heavy (non-hydrogen) atoms. The first-order valence-corrected chi connectivity index (χ1v) is 6.47. The van der Waals surface area contributed by atoms with Gasteiger partial charge in [-0.15, -0.1) is 0 Å². The summed E-state index contributed by atoms with van der Waals surface area (Å²) in [7, 11) is 2.22. The minimum Gasteiger partial charge on any atom is -0.377 e. The highest BCUT2D eigenvalue weighted by atomic mass is 16.5. The fraction of sp³-hybridized carbons (Fsp3) is 1.00. The van der Waals surface area contributed by atoms with Crippen LogP contribution < -0.4 is 5.32 Å². The summed E-state index contributed by atoms with van der Waals surface area (Å²) in [6.45, 7) is 12.0. The Hall–Kier alpha value is -0.120. The molecule has 1 N–H and O–H groups in total. The highest BCUT2D eigenvalue weighted by molar-refractivity contribution is 4.80. The van der Waals surface area contributed by atoms with Crippen LogP contribution in [0.1, 0.15) is 40.5 Å². The van der Waals surface area contributed by atoms with Gasteiger partial charge in [0.1, 0.15) is 0 Å². The van der Waals surface area contributed by atoms with E-state index in [2.05, 4.69) is 45.0 Å². The standard InChI is InChI=1S/C13H28N2O/c1-11-12(7-10-16-11)15(5)9-6-8-14-13(2,3)4/h11-12,14H,6-10H2,1-5H3. The lowest BCUT2D eigenvalue weighted by atomic mass is 10.1. The molecule has 0 saturated carbocycles. The Morgan fingerprint density at radius 1 is 1.38 bits per heavy atom. The van der Waals surface area contributed by atoms with Crippen LogP contribution in [0.15, 0.2) is 0 Å². The molecule has 1 heterocycles. The molecule has 0 amide bonds. The van der Waals surface area contributed by atoms with Crippen LogP contribution in [0.4, 0.5) is 0 Å². The molecule has 1 aliphatic rings. The lowest BCUT2D eigenvalue weighted by molar-refractivity contribution is 0.0832. The van der Waals surface area contributed by atoms with Gasteiger partial charge < -0.3 is 15.0 Å². The zero-order valence-corrected chi connectivity index (χ0v) is 11.5. The average molecular weight is 228 g/mol. The number of hydrogen-bond donors (Lipinski definition) is 1. The van der Waals surface area contributed by atoms with Gasteiger partial charge in [0.15, 0.2) is 0 Å². The van der Waals surface area contributed by atoms with Gasteiger partial charge in [0.25, 0.3) is 0 Å².